The van der Waals surface area contributed by atoms with Crippen molar-refractivity contribution in [3.63, 3.8) is 0 Å². The van der Waals surface area contributed by atoms with Crippen molar-refractivity contribution in [2.45, 2.75) is 32.4 Å². The summed E-state index contributed by atoms with van der Waals surface area (Å²) < 4.78 is 0. The highest BCUT2D eigenvalue weighted by molar-refractivity contribution is 5.16. The summed E-state index contributed by atoms with van der Waals surface area (Å²) in [7, 11) is 0. The lowest BCUT2D eigenvalue weighted by molar-refractivity contribution is 0.470. The predicted octanol–water partition coefficient (Wildman–Crippen LogP) is 3.36. The van der Waals surface area contributed by atoms with Crippen LogP contribution in [-0.4, -0.2) is 11.0 Å². The fourth-order valence-corrected chi connectivity index (χ4v) is 2.17. The van der Waals surface area contributed by atoms with Crippen LogP contribution in [0.2, 0.25) is 0 Å². The number of hydrogen-bond acceptors (Lipinski definition) is 2. The maximum absolute atomic E-state index is 4.38. The van der Waals surface area contributed by atoms with E-state index in [4.69, 9.17) is 0 Å². The summed E-state index contributed by atoms with van der Waals surface area (Å²) in [6.45, 7) is 4.37. The molecule has 0 radical (unpaired) electrons. The van der Waals surface area contributed by atoms with Crippen molar-refractivity contribution >= 4 is 0 Å². The van der Waals surface area contributed by atoms with Crippen LogP contribution in [0, 0.1) is 0 Å². The molecule has 2 aromatic rings. The van der Waals surface area contributed by atoms with Crippen LogP contribution in [-0.2, 0) is 6.42 Å². The van der Waals surface area contributed by atoms with E-state index in [0.717, 1.165) is 12.1 Å². The summed E-state index contributed by atoms with van der Waals surface area (Å²) in [5.74, 6) is 0. The number of aromatic nitrogens is 1. The van der Waals surface area contributed by atoms with Crippen molar-refractivity contribution in [2.75, 3.05) is 0 Å². The van der Waals surface area contributed by atoms with E-state index in [1.54, 1.807) is 0 Å². The molecule has 18 heavy (non-hydrogen) atoms. The van der Waals surface area contributed by atoms with Crippen molar-refractivity contribution < 1.29 is 0 Å². The second kappa shape index (κ2) is 6.31. The van der Waals surface area contributed by atoms with Crippen molar-refractivity contribution in [1.29, 1.82) is 0 Å². The third-order valence-electron chi connectivity index (χ3n) is 3.05. The molecule has 1 N–H and O–H groups in total. The van der Waals surface area contributed by atoms with Gasteiger partial charge in [-0.2, -0.15) is 0 Å². The van der Waals surface area contributed by atoms with Gasteiger partial charge in [-0.25, -0.2) is 0 Å². The Morgan fingerprint density at radius 1 is 1.00 bits per heavy atom. The van der Waals surface area contributed by atoms with E-state index in [2.05, 4.69) is 60.5 Å². The van der Waals surface area contributed by atoms with Crippen LogP contribution in [0.4, 0.5) is 0 Å². The third kappa shape index (κ3) is 3.67. The molecule has 2 nitrogen and oxygen atoms in total. The standard InChI is InChI=1S/C16H20N2/c1-13(12-15-8-4-3-5-9-15)18-14(2)16-10-6-7-11-17-16/h3-11,13-14,18H,12H2,1-2H3. The van der Waals surface area contributed by atoms with Crippen molar-refractivity contribution in [3.8, 4) is 0 Å². The minimum absolute atomic E-state index is 0.282. The molecule has 0 aliphatic heterocycles. The van der Waals surface area contributed by atoms with Gasteiger partial charge in [0.15, 0.2) is 0 Å². The molecular formula is C16H20N2. The molecular weight excluding hydrogens is 220 g/mol. The molecule has 2 heteroatoms. The summed E-state index contributed by atoms with van der Waals surface area (Å²) in [5.41, 5.74) is 2.46. The fraction of sp³-hybridized carbons (Fsp3) is 0.312. The number of benzene rings is 1. The van der Waals surface area contributed by atoms with E-state index in [0.29, 0.717) is 6.04 Å². The molecule has 0 amide bonds. The van der Waals surface area contributed by atoms with Gasteiger partial charge in [0.1, 0.15) is 0 Å². The van der Waals surface area contributed by atoms with Gasteiger partial charge in [-0.05, 0) is 38.0 Å². The number of nitrogens with zero attached hydrogens (tertiary/aromatic N) is 1. The van der Waals surface area contributed by atoms with Crippen molar-refractivity contribution in [1.82, 2.24) is 10.3 Å². The first-order valence-corrected chi connectivity index (χ1v) is 6.46. The van der Waals surface area contributed by atoms with Crippen LogP contribution in [0.15, 0.2) is 54.7 Å². The molecule has 1 heterocycles. The second-order valence-electron chi connectivity index (χ2n) is 4.73. The number of pyridine rings is 1. The maximum Gasteiger partial charge on any atom is 0.0570 e. The zero-order chi connectivity index (χ0) is 12.8. The van der Waals surface area contributed by atoms with Gasteiger partial charge in [-0.1, -0.05) is 36.4 Å². The minimum atomic E-state index is 0.282. The van der Waals surface area contributed by atoms with Gasteiger partial charge in [0.25, 0.3) is 0 Å². The van der Waals surface area contributed by atoms with Crippen LogP contribution < -0.4 is 5.32 Å². The topological polar surface area (TPSA) is 24.9 Å². The predicted molar refractivity (Wildman–Crippen MR) is 75.4 cm³/mol. The van der Waals surface area contributed by atoms with Crippen LogP contribution in [0.1, 0.15) is 31.1 Å². The van der Waals surface area contributed by atoms with Gasteiger partial charge >= 0.3 is 0 Å². The molecule has 2 atom stereocenters. The van der Waals surface area contributed by atoms with Gasteiger partial charge in [0.2, 0.25) is 0 Å². The largest absolute Gasteiger partial charge is 0.306 e. The average molecular weight is 240 g/mol. The molecule has 1 aromatic heterocycles. The van der Waals surface area contributed by atoms with Gasteiger partial charge in [-0.15, -0.1) is 0 Å². The number of rotatable bonds is 5. The summed E-state index contributed by atoms with van der Waals surface area (Å²) in [5, 5.41) is 3.58. The average Bonchev–Trinajstić information content (AvgIpc) is 2.40. The highest BCUT2D eigenvalue weighted by Gasteiger charge is 2.10. The molecule has 0 fully saturated rings. The van der Waals surface area contributed by atoms with Crippen LogP contribution >= 0.6 is 0 Å². The molecule has 0 bridgehead atoms. The first-order chi connectivity index (χ1) is 8.75. The number of nitrogens with one attached hydrogen (secondary N) is 1. The Bertz CT molecular complexity index is 453. The van der Waals surface area contributed by atoms with Gasteiger partial charge < -0.3 is 5.32 Å². The number of hydrogen-bond donors (Lipinski definition) is 1. The Labute approximate surface area is 109 Å². The first-order valence-electron chi connectivity index (χ1n) is 6.46. The summed E-state index contributed by atoms with van der Waals surface area (Å²) in [6, 6.07) is 17.3. The quantitative estimate of drug-likeness (QED) is 0.866. The molecule has 94 valence electrons. The minimum Gasteiger partial charge on any atom is -0.306 e. The monoisotopic (exact) mass is 240 g/mol. The fourth-order valence-electron chi connectivity index (χ4n) is 2.17. The summed E-state index contributed by atoms with van der Waals surface area (Å²) in [6.07, 6.45) is 2.88. The summed E-state index contributed by atoms with van der Waals surface area (Å²) >= 11 is 0. The van der Waals surface area contributed by atoms with Crippen molar-refractivity contribution in [2.24, 2.45) is 0 Å². The lowest BCUT2D eigenvalue weighted by Crippen LogP contribution is -2.31. The van der Waals surface area contributed by atoms with E-state index >= 15 is 0 Å². The Hall–Kier alpha value is -1.67. The van der Waals surface area contributed by atoms with E-state index in [-0.39, 0.29) is 6.04 Å². The van der Waals surface area contributed by atoms with Gasteiger partial charge in [-0.3, -0.25) is 4.98 Å². The zero-order valence-electron chi connectivity index (χ0n) is 11.0. The van der Waals surface area contributed by atoms with Crippen LogP contribution in [0.25, 0.3) is 0 Å². The van der Waals surface area contributed by atoms with Crippen LogP contribution in [0.5, 0.6) is 0 Å². The summed E-state index contributed by atoms with van der Waals surface area (Å²) in [4.78, 5) is 4.38. The molecule has 0 aliphatic carbocycles. The third-order valence-corrected chi connectivity index (χ3v) is 3.05. The molecule has 1 aromatic carbocycles. The smallest absolute Gasteiger partial charge is 0.0570 e. The molecule has 2 rings (SSSR count). The molecule has 0 aliphatic rings. The van der Waals surface area contributed by atoms with E-state index < -0.39 is 0 Å². The zero-order valence-corrected chi connectivity index (χ0v) is 11.0. The second-order valence-corrected chi connectivity index (χ2v) is 4.73. The Morgan fingerprint density at radius 3 is 2.39 bits per heavy atom. The normalized spacial score (nSPS) is 14.1. The maximum atomic E-state index is 4.38. The van der Waals surface area contributed by atoms with Gasteiger partial charge in [0.05, 0.1) is 5.69 Å². The van der Waals surface area contributed by atoms with E-state index in [1.807, 2.05) is 18.3 Å². The molecule has 2 unspecified atom stereocenters. The SMILES string of the molecule is CC(Cc1ccccc1)NC(C)c1ccccn1. The Morgan fingerprint density at radius 2 is 1.72 bits per heavy atom. The Kier molecular flexibility index (Phi) is 4.48. The molecule has 0 saturated heterocycles. The van der Waals surface area contributed by atoms with E-state index in [9.17, 15) is 0 Å². The first kappa shape index (κ1) is 12.8. The van der Waals surface area contributed by atoms with Gasteiger partial charge in [0, 0.05) is 18.3 Å². The molecule has 0 spiro atoms. The van der Waals surface area contributed by atoms with Crippen molar-refractivity contribution in [3.05, 3.63) is 66.0 Å². The molecule has 0 saturated carbocycles. The Balaban J connectivity index is 1.90. The highest BCUT2D eigenvalue weighted by atomic mass is 15.0. The van der Waals surface area contributed by atoms with Crippen LogP contribution in [0.3, 0.4) is 0 Å². The van der Waals surface area contributed by atoms with E-state index in [1.165, 1.54) is 5.56 Å². The lowest BCUT2D eigenvalue weighted by atomic mass is 10.1. The highest BCUT2D eigenvalue weighted by Crippen LogP contribution is 2.11. The lowest BCUT2D eigenvalue weighted by Gasteiger charge is -2.19.